The first kappa shape index (κ1) is 14.4. The largest absolute Gasteiger partial charge is 0.419 e. The van der Waals surface area contributed by atoms with Gasteiger partial charge in [-0.1, -0.05) is 0 Å². The Hall–Kier alpha value is -1.96. The van der Waals surface area contributed by atoms with Crippen molar-refractivity contribution in [1.82, 2.24) is 4.98 Å². The lowest BCUT2D eigenvalue weighted by atomic mass is 10.0. The third-order valence-electron chi connectivity index (χ3n) is 2.50. The fraction of sp³-hybridized carbons (Fsp3) is 0.167. The molecule has 0 aliphatic heterocycles. The summed E-state index contributed by atoms with van der Waals surface area (Å²) in [6, 6.07) is 2.15. The molecular weight excluding hydrogens is 296 g/mol. The number of nitrogen functional groups attached to an aromatic ring is 1. The molecule has 0 aliphatic rings. The van der Waals surface area contributed by atoms with E-state index in [0.29, 0.717) is 17.8 Å². The Morgan fingerprint density at radius 2 is 2.05 bits per heavy atom. The molecule has 0 saturated heterocycles. The van der Waals surface area contributed by atoms with Crippen LogP contribution in [-0.2, 0) is 12.6 Å². The van der Waals surface area contributed by atoms with Crippen LogP contribution in [0.1, 0.15) is 21.6 Å². The number of hydrogen-bond acceptors (Lipinski definition) is 4. The fourth-order valence-electron chi connectivity index (χ4n) is 1.59. The van der Waals surface area contributed by atoms with Crippen LogP contribution in [-0.4, -0.2) is 10.8 Å². The van der Waals surface area contributed by atoms with E-state index in [0.717, 1.165) is 17.4 Å². The van der Waals surface area contributed by atoms with Gasteiger partial charge in [0.2, 0.25) is 0 Å². The summed E-state index contributed by atoms with van der Waals surface area (Å²) in [5.41, 5.74) is 4.09. The van der Waals surface area contributed by atoms with Crippen molar-refractivity contribution in [3.05, 3.63) is 46.2 Å². The van der Waals surface area contributed by atoms with E-state index >= 15 is 0 Å². The molecule has 0 aliphatic carbocycles. The zero-order valence-electron chi connectivity index (χ0n) is 9.87. The Kier molecular flexibility index (Phi) is 3.76. The molecular formula is C12H8F4N2OS. The van der Waals surface area contributed by atoms with Crippen molar-refractivity contribution in [2.45, 2.75) is 12.6 Å². The van der Waals surface area contributed by atoms with Crippen molar-refractivity contribution >= 4 is 22.3 Å². The van der Waals surface area contributed by atoms with Crippen LogP contribution in [0, 0.1) is 5.82 Å². The van der Waals surface area contributed by atoms with Crippen LogP contribution in [0.5, 0.6) is 0 Å². The highest BCUT2D eigenvalue weighted by Crippen LogP contribution is 2.32. The summed E-state index contributed by atoms with van der Waals surface area (Å²) in [6.07, 6.45) is -5.03. The number of carbonyl (C=O) groups excluding carboxylic acids is 1. The molecule has 0 fully saturated rings. The molecule has 0 amide bonds. The van der Waals surface area contributed by atoms with E-state index < -0.39 is 23.3 Å². The molecule has 1 aromatic carbocycles. The van der Waals surface area contributed by atoms with Gasteiger partial charge in [0.15, 0.2) is 10.9 Å². The van der Waals surface area contributed by atoms with E-state index in [1.54, 1.807) is 5.38 Å². The Morgan fingerprint density at radius 3 is 2.60 bits per heavy atom. The topological polar surface area (TPSA) is 56.0 Å². The number of alkyl halides is 3. The van der Waals surface area contributed by atoms with Gasteiger partial charge in [-0.15, -0.1) is 11.3 Å². The average Bonchev–Trinajstić information content (AvgIpc) is 2.73. The van der Waals surface area contributed by atoms with Gasteiger partial charge in [0, 0.05) is 10.9 Å². The van der Waals surface area contributed by atoms with Gasteiger partial charge in [0.1, 0.15) is 5.82 Å². The Bertz CT molecular complexity index is 651. The molecule has 0 radical (unpaired) electrons. The molecule has 0 saturated carbocycles. The zero-order chi connectivity index (χ0) is 14.9. The summed E-state index contributed by atoms with van der Waals surface area (Å²) in [5, 5.41) is 1.81. The number of anilines is 1. The number of carbonyl (C=O) groups is 1. The molecule has 0 spiro atoms. The van der Waals surface area contributed by atoms with Crippen molar-refractivity contribution < 1.29 is 22.4 Å². The molecule has 8 heteroatoms. The van der Waals surface area contributed by atoms with Crippen molar-refractivity contribution in [3.63, 3.8) is 0 Å². The van der Waals surface area contributed by atoms with Crippen molar-refractivity contribution in [3.8, 4) is 0 Å². The van der Waals surface area contributed by atoms with Crippen LogP contribution >= 0.6 is 11.3 Å². The highest BCUT2D eigenvalue weighted by atomic mass is 32.1. The van der Waals surface area contributed by atoms with Gasteiger partial charge in [0.25, 0.3) is 0 Å². The summed E-state index contributed by atoms with van der Waals surface area (Å²) in [7, 11) is 0. The normalized spacial score (nSPS) is 11.6. The Labute approximate surface area is 115 Å². The van der Waals surface area contributed by atoms with Crippen LogP contribution < -0.4 is 5.73 Å². The second kappa shape index (κ2) is 5.20. The van der Waals surface area contributed by atoms with Gasteiger partial charge in [-0.2, -0.15) is 13.2 Å². The molecule has 0 unspecified atom stereocenters. The van der Waals surface area contributed by atoms with Gasteiger partial charge < -0.3 is 5.73 Å². The summed E-state index contributed by atoms with van der Waals surface area (Å²) >= 11 is 1.13. The second-order valence-corrected chi connectivity index (χ2v) is 4.86. The molecule has 3 nitrogen and oxygen atoms in total. The molecule has 2 rings (SSSR count). The Morgan fingerprint density at radius 1 is 1.35 bits per heavy atom. The van der Waals surface area contributed by atoms with Crippen molar-refractivity contribution in [1.29, 1.82) is 0 Å². The van der Waals surface area contributed by atoms with Crippen LogP contribution in [0.25, 0.3) is 0 Å². The van der Waals surface area contributed by atoms with Crippen LogP contribution in [0.4, 0.5) is 22.7 Å². The molecule has 0 atom stereocenters. The number of rotatable bonds is 3. The minimum absolute atomic E-state index is 0.184. The maximum atomic E-state index is 13.1. The lowest BCUT2D eigenvalue weighted by Gasteiger charge is -2.09. The number of benzene rings is 1. The lowest BCUT2D eigenvalue weighted by Crippen LogP contribution is -2.11. The average molecular weight is 304 g/mol. The van der Waals surface area contributed by atoms with E-state index in [1.165, 1.54) is 0 Å². The monoisotopic (exact) mass is 304 g/mol. The maximum Gasteiger partial charge on any atom is 0.419 e. The third-order valence-corrected chi connectivity index (χ3v) is 3.23. The van der Waals surface area contributed by atoms with Gasteiger partial charge in [-0.05, 0) is 18.2 Å². The number of ketones is 1. The number of nitrogens with two attached hydrogens (primary N) is 1. The predicted molar refractivity (Wildman–Crippen MR) is 66.0 cm³/mol. The van der Waals surface area contributed by atoms with Crippen LogP contribution in [0.3, 0.4) is 0 Å². The molecule has 2 N–H and O–H groups in total. The van der Waals surface area contributed by atoms with Crippen molar-refractivity contribution in [2.24, 2.45) is 0 Å². The van der Waals surface area contributed by atoms with Crippen molar-refractivity contribution in [2.75, 3.05) is 5.73 Å². The molecule has 106 valence electrons. The fourth-order valence-corrected chi connectivity index (χ4v) is 2.15. The minimum Gasteiger partial charge on any atom is -0.375 e. The van der Waals surface area contributed by atoms with E-state index in [1.807, 2.05) is 0 Å². The Balaban J connectivity index is 2.27. The molecule has 20 heavy (non-hydrogen) atoms. The predicted octanol–water partition coefficient (Wildman–Crippen LogP) is 3.31. The van der Waals surface area contributed by atoms with Gasteiger partial charge in [-0.25, -0.2) is 9.37 Å². The number of halogens is 4. The smallest absolute Gasteiger partial charge is 0.375 e. The second-order valence-electron chi connectivity index (χ2n) is 3.97. The molecule has 0 bridgehead atoms. The standard InChI is InChI=1S/C12H8F4N2OS/c13-9-2-1-6(3-8(9)12(14,15)16)10(19)4-7-5-20-11(17)18-7/h1-3,5H,4H2,(H2,17,18). The highest BCUT2D eigenvalue weighted by Gasteiger charge is 2.34. The third kappa shape index (κ3) is 3.13. The van der Waals surface area contributed by atoms with Crippen LogP contribution in [0.15, 0.2) is 23.6 Å². The van der Waals surface area contributed by atoms with Gasteiger partial charge >= 0.3 is 6.18 Å². The molecule has 2 aromatic rings. The van der Waals surface area contributed by atoms with Gasteiger partial charge in [-0.3, -0.25) is 4.79 Å². The van der Waals surface area contributed by atoms with Crippen LogP contribution in [0.2, 0.25) is 0 Å². The summed E-state index contributed by atoms with van der Waals surface area (Å²) < 4.78 is 50.7. The maximum absolute atomic E-state index is 13.1. The first-order valence-electron chi connectivity index (χ1n) is 5.37. The first-order valence-corrected chi connectivity index (χ1v) is 6.25. The summed E-state index contributed by atoms with van der Waals surface area (Å²) in [6.45, 7) is 0. The molecule has 1 aromatic heterocycles. The summed E-state index contributed by atoms with van der Waals surface area (Å²) in [4.78, 5) is 15.7. The highest BCUT2D eigenvalue weighted by molar-refractivity contribution is 7.13. The number of nitrogens with zero attached hydrogens (tertiary/aromatic N) is 1. The first-order chi connectivity index (χ1) is 9.27. The minimum atomic E-state index is -4.84. The molecule has 1 heterocycles. The number of thiazole rings is 1. The summed E-state index contributed by atoms with van der Waals surface area (Å²) in [5.74, 6) is -1.99. The quantitative estimate of drug-likeness (QED) is 0.699. The number of aromatic nitrogens is 1. The van der Waals surface area contributed by atoms with E-state index in [2.05, 4.69) is 4.98 Å². The SMILES string of the molecule is Nc1nc(CC(=O)c2ccc(F)c(C(F)(F)F)c2)cs1. The van der Waals surface area contributed by atoms with Gasteiger partial charge in [0.05, 0.1) is 17.7 Å². The zero-order valence-corrected chi connectivity index (χ0v) is 10.7. The van der Waals surface area contributed by atoms with E-state index in [-0.39, 0.29) is 17.1 Å². The lowest BCUT2D eigenvalue weighted by molar-refractivity contribution is -0.140. The van der Waals surface area contributed by atoms with E-state index in [4.69, 9.17) is 5.73 Å². The number of hydrogen-bond donors (Lipinski definition) is 1. The van der Waals surface area contributed by atoms with E-state index in [9.17, 15) is 22.4 Å². The number of Topliss-reactive ketones (excluding diaryl/α,β-unsaturated/α-hetero) is 1.